The molecule has 16 heavy (non-hydrogen) atoms. The second kappa shape index (κ2) is 5.93. The molecule has 0 bridgehead atoms. The molecule has 0 radical (unpaired) electrons. The van der Waals surface area contributed by atoms with Crippen molar-refractivity contribution in [1.29, 1.82) is 0 Å². The number of aryl methyl sites for hydroxylation is 1. The van der Waals surface area contributed by atoms with Gasteiger partial charge in [0.2, 0.25) is 0 Å². The van der Waals surface area contributed by atoms with Gasteiger partial charge in [-0.2, -0.15) is 0 Å². The molecule has 1 atom stereocenters. The zero-order valence-corrected chi connectivity index (χ0v) is 10.3. The molecule has 0 amide bonds. The average molecular weight is 245 g/mol. The van der Waals surface area contributed by atoms with Gasteiger partial charge in [0.15, 0.2) is 0 Å². The number of aliphatic hydroxyl groups excluding tert-OH is 1. The van der Waals surface area contributed by atoms with E-state index in [2.05, 4.69) is 9.72 Å². The Bertz CT molecular complexity index is 364. The van der Waals surface area contributed by atoms with E-state index in [-0.39, 0.29) is 0 Å². The van der Waals surface area contributed by atoms with Crippen LogP contribution in [0.4, 0.5) is 0 Å². The lowest BCUT2D eigenvalue weighted by Gasteiger charge is -2.05. The topological polar surface area (TPSA) is 68.7 Å². The molecule has 0 aliphatic carbocycles. The maximum atomic E-state index is 11.3. The summed E-state index contributed by atoms with van der Waals surface area (Å²) in [5, 5.41) is 10.3. The van der Waals surface area contributed by atoms with Crippen LogP contribution in [0.15, 0.2) is 0 Å². The van der Waals surface area contributed by atoms with E-state index in [0.29, 0.717) is 28.6 Å². The first-order valence-electron chi connectivity index (χ1n) is 4.82. The van der Waals surface area contributed by atoms with Crippen LogP contribution < -0.4 is 0 Å². The van der Waals surface area contributed by atoms with Crippen LogP contribution in [0.5, 0.6) is 0 Å². The van der Waals surface area contributed by atoms with Crippen LogP contribution in [0.3, 0.4) is 0 Å². The monoisotopic (exact) mass is 245 g/mol. The molecular formula is C10H15NO4S. The number of rotatable bonds is 5. The Balaban J connectivity index is 2.79. The minimum atomic E-state index is -0.693. The van der Waals surface area contributed by atoms with Crippen LogP contribution in [0.1, 0.15) is 32.9 Å². The minimum Gasteiger partial charge on any atom is -0.465 e. The van der Waals surface area contributed by atoms with Crippen LogP contribution >= 0.6 is 11.3 Å². The van der Waals surface area contributed by atoms with Crippen molar-refractivity contribution in [2.24, 2.45) is 0 Å². The summed E-state index contributed by atoms with van der Waals surface area (Å²) in [5.41, 5.74) is 0.586. The molecule has 1 aromatic rings. The van der Waals surface area contributed by atoms with Crippen molar-refractivity contribution >= 4 is 17.3 Å². The molecule has 90 valence electrons. The molecule has 0 saturated heterocycles. The molecule has 1 heterocycles. The van der Waals surface area contributed by atoms with Crippen LogP contribution in [-0.2, 0) is 9.47 Å². The summed E-state index contributed by atoms with van der Waals surface area (Å²) in [5.74, 6) is -0.416. The Hall–Kier alpha value is -0.980. The van der Waals surface area contributed by atoms with Crippen molar-refractivity contribution < 1.29 is 19.4 Å². The van der Waals surface area contributed by atoms with E-state index in [1.807, 2.05) is 0 Å². The lowest BCUT2D eigenvalue weighted by molar-refractivity contribution is 0.0605. The first-order valence-corrected chi connectivity index (χ1v) is 5.64. The highest BCUT2D eigenvalue weighted by Crippen LogP contribution is 2.25. The van der Waals surface area contributed by atoms with Gasteiger partial charge in [-0.3, -0.25) is 0 Å². The lowest BCUT2D eigenvalue weighted by Crippen LogP contribution is -2.01. The van der Waals surface area contributed by atoms with Crippen LogP contribution in [0, 0.1) is 6.92 Å². The normalized spacial score (nSPS) is 12.5. The Morgan fingerprint density at radius 2 is 2.25 bits per heavy atom. The van der Waals surface area contributed by atoms with Crippen molar-refractivity contribution in [3.63, 3.8) is 0 Å². The van der Waals surface area contributed by atoms with Gasteiger partial charge in [0.05, 0.1) is 12.8 Å². The molecular weight excluding hydrogens is 230 g/mol. The van der Waals surface area contributed by atoms with Gasteiger partial charge < -0.3 is 14.6 Å². The van der Waals surface area contributed by atoms with E-state index in [4.69, 9.17) is 4.74 Å². The lowest BCUT2D eigenvalue weighted by atomic mass is 10.3. The van der Waals surface area contributed by atoms with Gasteiger partial charge in [-0.25, -0.2) is 9.78 Å². The molecule has 1 N–H and O–H groups in total. The summed E-state index contributed by atoms with van der Waals surface area (Å²) in [7, 11) is 2.89. The molecule has 1 unspecified atom stereocenters. The molecule has 1 aromatic heterocycles. The summed E-state index contributed by atoms with van der Waals surface area (Å²) >= 11 is 1.16. The molecule has 0 saturated carbocycles. The van der Waals surface area contributed by atoms with E-state index in [9.17, 15) is 9.90 Å². The number of aliphatic hydroxyl groups is 1. The second-order valence-electron chi connectivity index (χ2n) is 3.26. The smallest absolute Gasteiger partial charge is 0.349 e. The number of carbonyl (C=O) groups excluding carboxylic acids is 1. The standard InChI is InChI=1S/C10H15NO4S/c1-6-8(10(13)15-3)16-9(11-6)7(12)4-5-14-2/h7,12H,4-5H2,1-3H3. The Morgan fingerprint density at radius 3 is 2.81 bits per heavy atom. The number of nitrogens with zero attached hydrogens (tertiary/aromatic N) is 1. The molecule has 6 heteroatoms. The summed E-state index contributed by atoms with van der Waals surface area (Å²) in [4.78, 5) is 15.9. The van der Waals surface area contributed by atoms with Gasteiger partial charge in [0.1, 0.15) is 16.0 Å². The Labute approximate surface area is 98.0 Å². The zero-order chi connectivity index (χ0) is 12.1. The van der Waals surface area contributed by atoms with Gasteiger partial charge in [-0.05, 0) is 6.92 Å². The third kappa shape index (κ3) is 3.01. The predicted molar refractivity (Wildman–Crippen MR) is 59.6 cm³/mol. The molecule has 0 fully saturated rings. The Kier molecular flexibility index (Phi) is 4.85. The van der Waals surface area contributed by atoms with Crippen molar-refractivity contribution in [2.45, 2.75) is 19.4 Å². The largest absolute Gasteiger partial charge is 0.465 e. The molecule has 0 aliphatic heterocycles. The third-order valence-electron chi connectivity index (χ3n) is 2.06. The van der Waals surface area contributed by atoms with Crippen molar-refractivity contribution in [2.75, 3.05) is 20.8 Å². The number of hydrogen-bond acceptors (Lipinski definition) is 6. The second-order valence-corrected chi connectivity index (χ2v) is 4.29. The summed E-state index contributed by atoms with van der Waals surface area (Å²) in [6, 6.07) is 0. The van der Waals surface area contributed by atoms with Crippen molar-refractivity contribution in [1.82, 2.24) is 4.98 Å². The maximum absolute atomic E-state index is 11.3. The number of methoxy groups -OCH3 is 2. The van der Waals surface area contributed by atoms with Crippen molar-refractivity contribution in [3.05, 3.63) is 15.6 Å². The van der Waals surface area contributed by atoms with E-state index < -0.39 is 12.1 Å². The molecule has 1 rings (SSSR count). The third-order valence-corrected chi connectivity index (χ3v) is 3.30. The van der Waals surface area contributed by atoms with Gasteiger partial charge in [-0.15, -0.1) is 11.3 Å². The first-order chi connectivity index (χ1) is 7.60. The van der Waals surface area contributed by atoms with Gasteiger partial charge in [0, 0.05) is 20.1 Å². The number of carbonyl (C=O) groups is 1. The molecule has 0 aliphatic rings. The number of hydrogen-bond donors (Lipinski definition) is 1. The fourth-order valence-electron chi connectivity index (χ4n) is 1.19. The predicted octanol–water partition coefficient (Wildman–Crippen LogP) is 1.31. The SMILES string of the molecule is COCCC(O)c1nc(C)c(C(=O)OC)s1. The van der Waals surface area contributed by atoms with E-state index in [1.165, 1.54) is 7.11 Å². The fourth-order valence-corrected chi connectivity index (χ4v) is 2.20. The quantitative estimate of drug-likeness (QED) is 0.792. The summed E-state index contributed by atoms with van der Waals surface area (Å²) in [6.07, 6.45) is -0.230. The fraction of sp³-hybridized carbons (Fsp3) is 0.600. The minimum absolute atomic E-state index is 0.416. The van der Waals surface area contributed by atoms with E-state index in [1.54, 1.807) is 14.0 Å². The number of ether oxygens (including phenoxy) is 2. The summed E-state index contributed by atoms with van der Waals surface area (Å²) in [6.45, 7) is 2.17. The van der Waals surface area contributed by atoms with Gasteiger partial charge >= 0.3 is 5.97 Å². The summed E-state index contributed by atoms with van der Waals surface area (Å²) < 4.78 is 9.48. The number of esters is 1. The first kappa shape index (κ1) is 13.1. The molecule has 0 spiro atoms. The van der Waals surface area contributed by atoms with E-state index in [0.717, 1.165) is 11.3 Å². The zero-order valence-electron chi connectivity index (χ0n) is 9.52. The Morgan fingerprint density at radius 1 is 1.56 bits per heavy atom. The number of thiazole rings is 1. The van der Waals surface area contributed by atoms with Crippen molar-refractivity contribution in [3.8, 4) is 0 Å². The maximum Gasteiger partial charge on any atom is 0.349 e. The average Bonchev–Trinajstić information content (AvgIpc) is 2.67. The highest BCUT2D eigenvalue weighted by molar-refractivity contribution is 7.13. The number of aromatic nitrogens is 1. The molecule has 5 nitrogen and oxygen atoms in total. The molecule has 0 aromatic carbocycles. The van der Waals surface area contributed by atoms with E-state index >= 15 is 0 Å². The van der Waals surface area contributed by atoms with Crippen LogP contribution in [0.25, 0.3) is 0 Å². The van der Waals surface area contributed by atoms with Crippen LogP contribution in [-0.4, -0.2) is 36.9 Å². The van der Waals surface area contributed by atoms with Crippen LogP contribution in [0.2, 0.25) is 0 Å². The van der Waals surface area contributed by atoms with Gasteiger partial charge in [0.25, 0.3) is 0 Å². The highest BCUT2D eigenvalue weighted by atomic mass is 32.1. The highest BCUT2D eigenvalue weighted by Gasteiger charge is 2.19. The van der Waals surface area contributed by atoms with Gasteiger partial charge in [-0.1, -0.05) is 0 Å².